The lowest BCUT2D eigenvalue weighted by Crippen LogP contribution is -2.20. The molecule has 0 aliphatic heterocycles. The van der Waals surface area contributed by atoms with Gasteiger partial charge >= 0.3 is 0 Å². The molecule has 1 amide bonds. The highest BCUT2D eigenvalue weighted by molar-refractivity contribution is 6.04. The van der Waals surface area contributed by atoms with E-state index in [1.165, 1.54) is 0 Å². The van der Waals surface area contributed by atoms with Crippen LogP contribution in [0.15, 0.2) is 36.4 Å². The number of anilines is 2. The van der Waals surface area contributed by atoms with Crippen molar-refractivity contribution in [3.8, 4) is 11.3 Å². The van der Waals surface area contributed by atoms with Crippen molar-refractivity contribution < 1.29 is 4.79 Å². The lowest BCUT2D eigenvalue weighted by Gasteiger charge is -2.15. The Morgan fingerprint density at radius 2 is 1.69 bits per heavy atom. The summed E-state index contributed by atoms with van der Waals surface area (Å²) >= 11 is 0. The predicted octanol–water partition coefficient (Wildman–Crippen LogP) is 2.81. The van der Waals surface area contributed by atoms with Gasteiger partial charge in [0.05, 0.1) is 22.8 Å². The number of carbonyl (C=O) groups excluding carboxylic acids is 1. The normalized spacial score (nSPS) is 10.7. The highest BCUT2D eigenvalue weighted by Gasteiger charge is 2.18. The van der Waals surface area contributed by atoms with E-state index in [0.717, 1.165) is 22.6 Å². The molecule has 134 valence electrons. The third kappa shape index (κ3) is 3.42. The molecule has 7 nitrogen and oxygen atoms in total. The zero-order valence-corrected chi connectivity index (χ0v) is 15.6. The third-order valence-corrected chi connectivity index (χ3v) is 4.08. The molecule has 3 rings (SSSR count). The van der Waals surface area contributed by atoms with Gasteiger partial charge in [0, 0.05) is 26.7 Å². The zero-order valence-electron chi connectivity index (χ0n) is 15.6. The molecular formula is C19H22N6O. The quantitative estimate of drug-likeness (QED) is 0.783. The van der Waals surface area contributed by atoms with Crippen molar-refractivity contribution in [3.05, 3.63) is 53.5 Å². The van der Waals surface area contributed by atoms with Crippen molar-refractivity contribution in [1.29, 1.82) is 0 Å². The van der Waals surface area contributed by atoms with Crippen LogP contribution in [0.25, 0.3) is 11.3 Å². The number of amides is 1. The molecule has 2 heterocycles. The van der Waals surface area contributed by atoms with Crippen LogP contribution < -0.4 is 10.2 Å². The SMILES string of the molecule is Cc1nc(N(C)C)nc(C)c1NC(=O)c1cc(-c2ccccc2)nn1C. The molecule has 0 unspecified atom stereocenters. The first-order chi connectivity index (χ1) is 12.4. The third-order valence-electron chi connectivity index (χ3n) is 4.08. The van der Waals surface area contributed by atoms with Gasteiger partial charge in [-0.05, 0) is 19.9 Å². The second-order valence-electron chi connectivity index (χ2n) is 6.32. The van der Waals surface area contributed by atoms with E-state index in [4.69, 9.17) is 0 Å². The van der Waals surface area contributed by atoms with Gasteiger partial charge in [-0.25, -0.2) is 9.97 Å². The number of nitrogens with one attached hydrogen (secondary N) is 1. The number of hydrogen-bond donors (Lipinski definition) is 1. The summed E-state index contributed by atoms with van der Waals surface area (Å²) in [5, 5.41) is 7.37. The molecular weight excluding hydrogens is 328 g/mol. The van der Waals surface area contributed by atoms with Gasteiger partial charge in [0.2, 0.25) is 5.95 Å². The fourth-order valence-corrected chi connectivity index (χ4v) is 2.69. The van der Waals surface area contributed by atoms with Crippen LogP contribution in [0, 0.1) is 13.8 Å². The Kier molecular flexibility index (Phi) is 4.71. The average Bonchev–Trinajstić information content (AvgIpc) is 3.00. The van der Waals surface area contributed by atoms with Gasteiger partial charge in [-0.15, -0.1) is 0 Å². The summed E-state index contributed by atoms with van der Waals surface area (Å²) in [6.07, 6.45) is 0. The summed E-state index contributed by atoms with van der Waals surface area (Å²) in [5.41, 5.74) is 4.27. The van der Waals surface area contributed by atoms with Crippen molar-refractivity contribution in [3.63, 3.8) is 0 Å². The first-order valence-corrected chi connectivity index (χ1v) is 8.30. The van der Waals surface area contributed by atoms with E-state index in [0.29, 0.717) is 17.3 Å². The maximum atomic E-state index is 12.8. The second-order valence-corrected chi connectivity index (χ2v) is 6.32. The predicted molar refractivity (Wildman–Crippen MR) is 102 cm³/mol. The molecule has 0 bridgehead atoms. The Morgan fingerprint density at radius 3 is 2.27 bits per heavy atom. The molecule has 0 atom stereocenters. The monoisotopic (exact) mass is 350 g/mol. The average molecular weight is 350 g/mol. The minimum Gasteiger partial charge on any atom is -0.347 e. The van der Waals surface area contributed by atoms with Gasteiger partial charge in [-0.1, -0.05) is 30.3 Å². The van der Waals surface area contributed by atoms with Crippen LogP contribution in [0.3, 0.4) is 0 Å². The molecule has 0 saturated carbocycles. The Bertz CT molecular complexity index is 923. The summed E-state index contributed by atoms with van der Waals surface area (Å²) < 4.78 is 1.58. The number of carbonyl (C=O) groups is 1. The first kappa shape index (κ1) is 17.6. The van der Waals surface area contributed by atoms with Crippen LogP contribution in [0.2, 0.25) is 0 Å². The second kappa shape index (κ2) is 6.95. The van der Waals surface area contributed by atoms with E-state index in [9.17, 15) is 4.79 Å². The molecule has 0 radical (unpaired) electrons. The summed E-state index contributed by atoms with van der Waals surface area (Å²) in [6.45, 7) is 3.71. The standard InChI is InChI=1S/C19H22N6O/c1-12-17(13(2)21-19(20-12)24(3)4)22-18(26)16-11-15(23-25(16)5)14-9-7-6-8-10-14/h6-11H,1-5H3,(H,22,26). The first-order valence-electron chi connectivity index (χ1n) is 8.30. The number of hydrogen-bond acceptors (Lipinski definition) is 5. The van der Waals surface area contributed by atoms with Crippen LogP contribution in [0.5, 0.6) is 0 Å². The summed E-state index contributed by atoms with van der Waals surface area (Å²) in [6, 6.07) is 11.5. The molecule has 1 N–H and O–H groups in total. The molecule has 0 aliphatic rings. The van der Waals surface area contributed by atoms with E-state index < -0.39 is 0 Å². The van der Waals surface area contributed by atoms with E-state index in [1.54, 1.807) is 17.8 Å². The van der Waals surface area contributed by atoms with E-state index in [-0.39, 0.29) is 5.91 Å². The molecule has 1 aromatic carbocycles. The van der Waals surface area contributed by atoms with E-state index in [2.05, 4.69) is 20.4 Å². The molecule has 2 aromatic heterocycles. The summed E-state index contributed by atoms with van der Waals surface area (Å²) in [7, 11) is 5.52. The fourth-order valence-electron chi connectivity index (χ4n) is 2.69. The van der Waals surface area contributed by atoms with Crippen LogP contribution in [0.1, 0.15) is 21.9 Å². The minimum absolute atomic E-state index is 0.241. The summed E-state index contributed by atoms with van der Waals surface area (Å²) in [5.74, 6) is 0.375. The van der Waals surface area contributed by atoms with Gasteiger partial charge in [-0.3, -0.25) is 9.48 Å². The maximum Gasteiger partial charge on any atom is 0.274 e. The Morgan fingerprint density at radius 1 is 1.08 bits per heavy atom. The number of aromatic nitrogens is 4. The van der Waals surface area contributed by atoms with Crippen LogP contribution in [-0.2, 0) is 7.05 Å². The topological polar surface area (TPSA) is 75.9 Å². The maximum absolute atomic E-state index is 12.8. The minimum atomic E-state index is -0.241. The lowest BCUT2D eigenvalue weighted by atomic mass is 10.1. The number of benzene rings is 1. The highest BCUT2D eigenvalue weighted by atomic mass is 16.2. The lowest BCUT2D eigenvalue weighted by molar-refractivity contribution is 0.101. The van der Waals surface area contributed by atoms with Gasteiger partial charge in [0.25, 0.3) is 5.91 Å². The molecule has 3 aromatic rings. The molecule has 0 fully saturated rings. The Labute approximate surface area is 152 Å². The van der Waals surface area contributed by atoms with Crippen molar-refractivity contribution >= 4 is 17.5 Å². The molecule has 0 saturated heterocycles. The van der Waals surface area contributed by atoms with Gasteiger partial charge in [0.1, 0.15) is 5.69 Å². The molecule has 26 heavy (non-hydrogen) atoms. The number of aryl methyl sites for hydroxylation is 3. The molecule has 0 spiro atoms. The van der Waals surface area contributed by atoms with Crippen LogP contribution in [-0.4, -0.2) is 39.8 Å². The van der Waals surface area contributed by atoms with Crippen LogP contribution in [0.4, 0.5) is 11.6 Å². The molecule has 0 aliphatic carbocycles. The number of rotatable bonds is 4. The van der Waals surface area contributed by atoms with E-state index >= 15 is 0 Å². The fraction of sp³-hybridized carbons (Fsp3) is 0.263. The van der Waals surface area contributed by atoms with Crippen molar-refractivity contribution in [2.24, 2.45) is 7.05 Å². The van der Waals surface area contributed by atoms with Crippen molar-refractivity contribution in [1.82, 2.24) is 19.7 Å². The van der Waals surface area contributed by atoms with E-state index in [1.807, 2.05) is 63.2 Å². The number of nitrogens with zero attached hydrogens (tertiary/aromatic N) is 5. The smallest absolute Gasteiger partial charge is 0.274 e. The largest absolute Gasteiger partial charge is 0.347 e. The van der Waals surface area contributed by atoms with Crippen molar-refractivity contribution in [2.75, 3.05) is 24.3 Å². The summed E-state index contributed by atoms with van der Waals surface area (Å²) in [4.78, 5) is 23.5. The van der Waals surface area contributed by atoms with Gasteiger partial charge in [0.15, 0.2) is 0 Å². The highest BCUT2D eigenvalue weighted by Crippen LogP contribution is 2.22. The van der Waals surface area contributed by atoms with Gasteiger partial charge < -0.3 is 10.2 Å². The zero-order chi connectivity index (χ0) is 18.8. The Hall–Kier alpha value is -3.22. The Balaban J connectivity index is 1.89. The van der Waals surface area contributed by atoms with Crippen molar-refractivity contribution in [2.45, 2.75) is 13.8 Å². The molecule has 7 heteroatoms. The van der Waals surface area contributed by atoms with Crippen LogP contribution >= 0.6 is 0 Å². The van der Waals surface area contributed by atoms with Gasteiger partial charge in [-0.2, -0.15) is 5.10 Å².